The van der Waals surface area contributed by atoms with E-state index in [4.69, 9.17) is 16.6 Å². The molecular formula is C7H13N3O4. The van der Waals surface area contributed by atoms with Crippen LogP contribution in [0, 0.1) is 0 Å². The molecule has 7 heteroatoms. The molecule has 2 amide bonds. The molecule has 0 radical (unpaired) electrons. The Labute approximate surface area is 80.4 Å². The Morgan fingerprint density at radius 1 is 1.36 bits per heavy atom. The number of nitrogens with two attached hydrogens (primary N) is 2. The Hall–Kier alpha value is -1.63. The molecule has 0 aromatic heterocycles. The standard InChI is InChI=1S/C7H13N3O4/c8-3-6(12)10-4(7(13)14)1-2-5(9)11/h4H,1-3,8H2,(H2,9,11)(H,10,12)(H,13,14)/t4-/m1/s1. The van der Waals surface area contributed by atoms with Gasteiger partial charge in [-0.2, -0.15) is 0 Å². The van der Waals surface area contributed by atoms with Crippen LogP contribution in [0.25, 0.3) is 0 Å². The molecule has 0 aliphatic heterocycles. The molecule has 0 aromatic carbocycles. The van der Waals surface area contributed by atoms with Gasteiger partial charge in [-0.05, 0) is 6.42 Å². The molecule has 80 valence electrons. The van der Waals surface area contributed by atoms with E-state index in [9.17, 15) is 14.4 Å². The number of primary amides is 1. The lowest BCUT2D eigenvalue weighted by molar-refractivity contribution is -0.141. The minimum Gasteiger partial charge on any atom is -0.480 e. The summed E-state index contributed by atoms with van der Waals surface area (Å²) in [6.07, 6.45) is -0.127. The summed E-state index contributed by atoms with van der Waals surface area (Å²) in [5.74, 6) is -2.41. The second-order valence-electron chi connectivity index (χ2n) is 2.67. The van der Waals surface area contributed by atoms with Crippen LogP contribution in [0.4, 0.5) is 0 Å². The number of amides is 2. The fourth-order valence-electron chi connectivity index (χ4n) is 0.797. The Kier molecular flexibility index (Phi) is 5.23. The van der Waals surface area contributed by atoms with Crippen molar-refractivity contribution in [3.05, 3.63) is 0 Å². The summed E-state index contributed by atoms with van der Waals surface area (Å²) in [5, 5.41) is 10.8. The maximum atomic E-state index is 10.8. The maximum absolute atomic E-state index is 10.8. The van der Waals surface area contributed by atoms with E-state index in [1.54, 1.807) is 0 Å². The van der Waals surface area contributed by atoms with Crippen molar-refractivity contribution in [1.29, 1.82) is 0 Å². The lowest BCUT2D eigenvalue weighted by Crippen LogP contribution is -2.43. The number of carbonyl (C=O) groups excluding carboxylic acids is 2. The van der Waals surface area contributed by atoms with Crippen LogP contribution >= 0.6 is 0 Å². The number of rotatable bonds is 6. The minimum absolute atomic E-state index is 0.0313. The van der Waals surface area contributed by atoms with E-state index in [2.05, 4.69) is 5.32 Å². The van der Waals surface area contributed by atoms with E-state index < -0.39 is 23.8 Å². The van der Waals surface area contributed by atoms with Crippen molar-refractivity contribution >= 4 is 17.8 Å². The SMILES string of the molecule is NCC(=O)N[C@H](CCC(N)=O)C(=O)O. The van der Waals surface area contributed by atoms with Gasteiger partial charge in [-0.25, -0.2) is 4.79 Å². The van der Waals surface area contributed by atoms with Gasteiger partial charge in [-0.3, -0.25) is 9.59 Å². The van der Waals surface area contributed by atoms with Gasteiger partial charge in [-0.1, -0.05) is 0 Å². The highest BCUT2D eigenvalue weighted by atomic mass is 16.4. The first-order valence-corrected chi connectivity index (χ1v) is 3.98. The lowest BCUT2D eigenvalue weighted by Gasteiger charge is -2.12. The fourth-order valence-corrected chi connectivity index (χ4v) is 0.797. The third-order valence-corrected chi connectivity index (χ3v) is 1.50. The van der Waals surface area contributed by atoms with Crippen LogP contribution in [0.15, 0.2) is 0 Å². The lowest BCUT2D eigenvalue weighted by atomic mass is 10.1. The van der Waals surface area contributed by atoms with E-state index in [1.165, 1.54) is 0 Å². The monoisotopic (exact) mass is 203 g/mol. The van der Waals surface area contributed by atoms with Crippen LogP contribution in [0.5, 0.6) is 0 Å². The first kappa shape index (κ1) is 12.4. The number of hydrogen-bond acceptors (Lipinski definition) is 4. The van der Waals surface area contributed by atoms with Crippen LogP contribution in [-0.2, 0) is 14.4 Å². The molecule has 1 atom stereocenters. The van der Waals surface area contributed by atoms with E-state index in [0.29, 0.717) is 0 Å². The zero-order valence-electron chi connectivity index (χ0n) is 7.53. The molecule has 14 heavy (non-hydrogen) atoms. The average molecular weight is 203 g/mol. The van der Waals surface area contributed by atoms with E-state index in [1.807, 2.05) is 0 Å². The largest absolute Gasteiger partial charge is 0.480 e. The van der Waals surface area contributed by atoms with Crippen LogP contribution in [0.3, 0.4) is 0 Å². The van der Waals surface area contributed by atoms with Gasteiger partial charge in [0.15, 0.2) is 0 Å². The number of carboxylic acid groups (broad SMARTS) is 1. The van der Waals surface area contributed by atoms with Crippen molar-refractivity contribution in [3.63, 3.8) is 0 Å². The second-order valence-corrected chi connectivity index (χ2v) is 2.67. The van der Waals surface area contributed by atoms with Gasteiger partial charge >= 0.3 is 5.97 Å². The van der Waals surface area contributed by atoms with Crippen LogP contribution in [0.1, 0.15) is 12.8 Å². The summed E-state index contributed by atoms with van der Waals surface area (Å²) in [5.41, 5.74) is 9.81. The molecule has 0 saturated carbocycles. The van der Waals surface area contributed by atoms with Crippen LogP contribution in [-0.4, -0.2) is 35.5 Å². The molecule has 0 aliphatic rings. The molecule has 0 saturated heterocycles. The molecule has 0 rings (SSSR count). The van der Waals surface area contributed by atoms with Crippen molar-refractivity contribution in [3.8, 4) is 0 Å². The predicted octanol–water partition coefficient (Wildman–Crippen LogP) is -2.22. The summed E-state index contributed by atoms with van der Waals surface area (Å²) in [6.45, 7) is -0.291. The van der Waals surface area contributed by atoms with E-state index in [-0.39, 0.29) is 19.4 Å². The molecule has 0 spiro atoms. The Balaban J connectivity index is 4.09. The smallest absolute Gasteiger partial charge is 0.326 e. The Morgan fingerprint density at radius 2 is 1.93 bits per heavy atom. The molecule has 6 N–H and O–H groups in total. The number of aliphatic carboxylic acids is 1. The third-order valence-electron chi connectivity index (χ3n) is 1.50. The van der Waals surface area contributed by atoms with Crippen LogP contribution < -0.4 is 16.8 Å². The Bertz CT molecular complexity index is 241. The van der Waals surface area contributed by atoms with Crippen molar-refractivity contribution in [2.45, 2.75) is 18.9 Å². The highest BCUT2D eigenvalue weighted by molar-refractivity contribution is 5.85. The zero-order valence-corrected chi connectivity index (χ0v) is 7.53. The molecule has 0 aliphatic carbocycles. The highest BCUT2D eigenvalue weighted by Crippen LogP contribution is 1.96. The molecule has 0 heterocycles. The van der Waals surface area contributed by atoms with Crippen molar-refractivity contribution < 1.29 is 19.5 Å². The predicted molar refractivity (Wildman–Crippen MR) is 47.0 cm³/mol. The third kappa shape index (κ3) is 5.09. The molecule has 0 unspecified atom stereocenters. The van der Waals surface area contributed by atoms with Gasteiger partial charge in [0, 0.05) is 6.42 Å². The molecule has 0 bridgehead atoms. The number of carbonyl (C=O) groups is 3. The summed E-state index contributed by atoms with van der Waals surface area (Å²) in [4.78, 5) is 31.7. The summed E-state index contributed by atoms with van der Waals surface area (Å²) in [6, 6.07) is -1.11. The average Bonchev–Trinajstić information content (AvgIpc) is 2.10. The quantitative estimate of drug-likeness (QED) is 0.387. The van der Waals surface area contributed by atoms with Gasteiger partial charge in [0.2, 0.25) is 11.8 Å². The van der Waals surface area contributed by atoms with Crippen LogP contribution in [0.2, 0.25) is 0 Å². The van der Waals surface area contributed by atoms with Gasteiger partial charge in [0.25, 0.3) is 0 Å². The number of hydrogen-bond donors (Lipinski definition) is 4. The summed E-state index contributed by atoms with van der Waals surface area (Å²) in [7, 11) is 0. The number of nitrogens with one attached hydrogen (secondary N) is 1. The normalized spacial score (nSPS) is 11.8. The topological polar surface area (TPSA) is 136 Å². The van der Waals surface area contributed by atoms with Gasteiger partial charge in [-0.15, -0.1) is 0 Å². The van der Waals surface area contributed by atoms with Crippen molar-refractivity contribution in [2.24, 2.45) is 11.5 Å². The van der Waals surface area contributed by atoms with E-state index in [0.717, 1.165) is 0 Å². The molecule has 0 aromatic rings. The molecule has 7 nitrogen and oxygen atoms in total. The molecular weight excluding hydrogens is 190 g/mol. The van der Waals surface area contributed by atoms with E-state index >= 15 is 0 Å². The van der Waals surface area contributed by atoms with Gasteiger partial charge in [0.05, 0.1) is 6.54 Å². The summed E-state index contributed by atoms with van der Waals surface area (Å²) >= 11 is 0. The maximum Gasteiger partial charge on any atom is 0.326 e. The number of carboxylic acids is 1. The van der Waals surface area contributed by atoms with Gasteiger partial charge in [0.1, 0.15) is 6.04 Å². The van der Waals surface area contributed by atoms with Crippen molar-refractivity contribution in [1.82, 2.24) is 5.32 Å². The zero-order chi connectivity index (χ0) is 11.1. The molecule has 0 fully saturated rings. The minimum atomic E-state index is -1.21. The highest BCUT2D eigenvalue weighted by Gasteiger charge is 2.19. The Morgan fingerprint density at radius 3 is 2.29 bits per heavy atom. The summed E-state index contributed by atoms with van der Waals surface area (Å²) < 4.78 is 0. The van der Waals surface area contributed by atoms with Gasteiger partial charge < -0.3 is 21.9 Å². The second kappa shape index (κ2) is 5.92. The van der Waals surface area contributed by atoms with Crippen molar-refractivity contribution in [2.75, 3.05) is 6.54 Å². The fraction of sp³-hybridized carbons (Fsp3) is 0.571. The first-order valence-electron chi connectivity index (χ1n) is 3.98. The first-order chi connectivity index (χ1) is 6.47.